The summed E-state index contributed by atoms with van der Waals surface area (Å²) in [5, 5.41) is 11.2. The number of hydrogen-bond donors (Lipinski definition) is 1. The number of aryl methyl sites for hydroxylation is 1. The molecule has 1 aliphatic rings. The number of aliphatic carboxylic acids is 1. The van der Waals surface area contributed by atoms with Gasteiger partial charge in [0.2, 0.25) is 0 Å². The first-order valence-electron chi connectivity index (χ1n) is 7.17. The highest BCUT2D eigenvalue weighted by atomic mass is 35.5. The van der Waals surface area contributed by atoms with E-state index in [4.69, 9.17) is 21.1 Å². The Morgan fingerprint density at radius 3 is 2.86 bits per heavy atom. The summed E-state index contributed by atoms with van der Waals surface area (Å²) in [5.74, 6) is -0.369. The van der Waals surface area contributed by atoms with Gasteiger partial charge in [0.25, 0.3) is 0 Å². The van der Waals surface area contributed by atoms with E-state index in [1.54, 1.807) is 18.2 Å². The molecule has 116 valence electrons. The maximum absolute atomic E-state index is 10.6. The van der Waals surface area contributed by atoms with Crippen LogP contribution in [0.5, 0.6) is 5.75 Å². The van der Waals surface area contributed by atoms with Crippen molar-refractivity contribution in [2.75, 3.05) is 39.5 Å². The Hall–Kier alpha value is -1.30. The summed E-state index contributed by atoms with van der Waals surface area (Å²) in [6.07, 6.45) is 0.327. The molecule has 1 saturated heterocycles. The molecule has 0 amide bonds. The number of carboxylic acid groups (broad SMARTS) is 1. The summed E-state index contributed by atoms with van der Waals surface area (Å²) in [5.41, 5.74) is 0.809. The summed E-state index contributed by atoms with van der Waals surface area (Å²) in [6, 6.07) is 5.30. The molecule has 6 heteroatoms. The molecule has 1 aliphatic heterocycles. The van der Waals surface area contributed by atoms with Gasteiger partial charge in [0.15, 0.2) is 0 Å². The second-order valence-corrected chi connectivity index (χ2v) is 5.52. The van der Waals surface area contributed by atoms with Gasteiger partial charge in [-0.1, -0.05) is 11.6 Å². The molecule has 0 saturated carbocycles. The molecule has 0 unspecified atom stereocenters. The van der Waals surface area contributed by atoms with E-state index in [0.29, 0.717) is 23.8 Å². The topological polar surface area (TPSA) is 63.0 Å². The molecule has 1 fully saturated rings. The monoisotopic (exact) mass is 313 g/mol. The number of carboxylic acids is 1. The van der Waals surface area contributed by atoms with Crippen molar-refractivity contribution in [3.8, 4) is 5.75 Å². The third-order valence-electron chi connectivity index (χ3n) is 3.53. The SMILES string of the molecule is O=C([O-])CCc1cc(Cl)ccc1OCC[NH+]1CCOCC1. The van der Waals surface area contributed by atoms with E-state index < -0.39 is 5.97 Å². The number of hydrogen-bond acceptors (Lipinski definition) is 4. The number of morpholine rings is 1. The average Bonchev–Trinajstić information content (AvgIpc) is 2.48. The van der Waals surface area contributed by atoms with E-state index in [1.165, 1.54) is 4.90 Å². The van der Waals surface area contributed by atoms with Crippen LogP contribution in [0.15, 0.2) is 18.2 Å². The Balaban J connectivity index is 1.87. The minimum Gasteiger partial charge on any atom is -0.550 e. The largest absolute Gasteiger partial charge is 0.550 e. The third kappa shape index (κ3) is 5.53. The van der Waals surface area contributed by atoms with Gasteiger partial charge in [0, 0.05) is 11.0 Å². The van der Waals surface area contributed by atoms with Gasteiger partial charge < -0.3 is 24.3 Å². The second kappa shape index (κ2) is 8.22. The quantitative estimate of drug-likeness (QED) is 0.724. The van der Waals surface area contributed by atoms with Crippen LogP contribution in [0, 0.1) is 0 Å². The summed E-state index contributed by atoms with van der Waals surface area (Å²) < 4.78 is 11.1. The molecule has 2 rings (SSSR count). The highest BCUT2D eigenvalue weighted by Crippen LogP contribution is 2.24. The van der Waals surface area contributed by atoms with Gasteiger partial charge in [0.05, 0.1) is 13.2 Å². The molecule has 1 heterocycles. The number of nitrogens with one attached hydrogen (secondary N) is 1. The Kier molecular flexibility index (Phi) is 6.29. The number of carbonyl (C=O) groups is 1. The maximum atomic E-state index is 10.6. The Morgan fingerprint density at radius 1 is 1.38 bits per heavy atom. The van der Waals surface area contributed by atoms with Crippen LogP contribution in [0.25, 0.3) is 0 Å². The lowest BCUT2D eigenvalue weighted by Gasteiger charge is -2.23. The molecule has 21 heavy (non-hydrogen) atoms. The van der Waals surface area contributed by atoms with E-state index in [2.05, 4.69) is 0 Å². The van der Waals surface area contributed by atoms with Crippen LogP contribution in [0.4, 0.5) is 0 Å². The average molecular weight is 314 g/mol. The first-order valence-corrected chi connectivity index (χ1v) is 7.55. The van der Waals surface area contributed by atoms with Crippen LogP contribution >= 0.6 is 11.6 Å². The van der Waals surface area contributed by atoms with Crippen LogP contribution in [0.2, 0.25) is 5.02 Å². The lowest BCUT2D eigenvalue weighted by Crippen LogP contribution is -3.14. The maximum Gasteiger partial charge on any atom is 0.137 e. The zero-order chi connectivity index (χ0) is 15.1. The van der Waals surface area contributed by atoms with E-state index in [0.717, 1.165) is 38.4 Å². The number of benzene rings is 1. The van der Waals surface area contributed by atoms with Gasteiger partial charge in [-0.3, -0.25) is 0 Å². The van der Waals surface area contributed by atoms with Crippen LogP contribution < -0.4 is 14.7 Å². The standard InChI is InChI=1S/C15H20ClNO4/c16-13-2-3-14(12(11-13)1-4-15(18)19)21-10-7-17-5-8-20-9-6-17/h2-3,11H,1,4-10H2,(H,18,19). The molecule has 0 aliphatic carbocycles. The molecule has 0 atom stereocenters. The highest BCUT2D eigenvalue weighted by molar-refractivity contribution is 6.30. The molecular weight excluding hydrogens is 294 g/mol. The van der Waals surface area contributed by atoms with Crippen LogP contribution in [0.1, 0.15) is 12.0 Å². The zero-order valence-corrected chi connectivity index (χ0v) is 12.7. The molecule has 0 radical (unpaired) electrons. The minimum atomic E-state index is -1.07. The van der Waals surface area contributed by atoms with Gasteiger partial charge in [0.1, 0.15) is 32.0 Å². The van der Waals surface area contributed by atoms with Crippen LogP contribution in [-0.4, -0.2) is 45.4 Å². The first kappa shape index (κ1) is 16.1. The Morgan fingerprint density at radius 2 is 2.14 bits per heavy atom. The Bertz CT molecular complexity index is 475. The lowest BCUT2D eigenvalue weighted by molar-refractivity contribution is -0.908. The van der Waals surface area contributed by atoms with Crippen molar-refractivity contribution in [3.63, 3.8) is 0 Å². The van der Waals surface area contributed by atoms with E-state index in [-0.39, 0.29) is 6.42 Å². The second-order valence-electron chi connectivity index (χ2n) is 5.08. The smallest absolute Gasteiger partial charge is 0.137 e. The normalized spacial score (nSPS) is 15.9. The number of ether oxygens (including phenoxy) is 2. The van der Waals surface area contributed by atoms with Crippen molar-refractivity contribution < 1.29 is 24.3 Å². The fourth-order valence-corrected chi connectivity index (χ4v) is 2.53. The van der Waals surface area contributed by atoms with Crippen molar-refractivity contribution in [1.29, 1.82) is 0 Å². The predicted octanol–water partition coefficient (Wildman–Crippen LogP) is -0.684. The van der Waals surface area contributed by atoms with Crippen molar-refractivity contribution >= 4 is 17.6 Å². The summed E-state index contributed by atoms with van der Waals surface area (Å²) in [7, 11) is 0. The predicted molar refractivity (Wildman–Crippen MR) is 76.7 cm³/mol. The fraction of sp³-hybridized carbons (Fsp3) is 0.533. The summed E-state index contributed by atoms with van der Waals surface area (Å²) >= 11 is 5.95. The highest BCUT2D eigenvalue weighted by Gasteiger charge is 2.14. The van der Waals surface area contributed by atoms with E-state index in [1.807, 2.05) is 0 Å². The lowest BCUT2D eigenvalue weighted by atomic mass is 10.1. The number of carbonyl (C=O) groups excluding carboxylic acids is 1. The molecule has 1 aromatic carbocycles. The van der Waals surface area contributed by atoms with Gasteiger partial charge >= 0.3 is 0 Å². The molecular formula is C15H20ClNO4. The van der Waals surface area contributed by atoms with Crippen LogP contribution in [0.3, 0.4) is 0 Å². The van der Waals surface area contributed by atoms with Gasteiger partial charge in [-0.25, -0.2) is 0 Å². The molecule has 5 nitrogen and oxygen atoms in total. The van der Waals surface area contributed by atoms with Gasteiger partial charge in [-0.2, -0.15) is 0 Å². The van der Waals surface area contributed by atoms with Gasteiger partial charge in [-0.05, 0) is 36.6 Å². The van der Waals surface area contributed by atoms with Gasteiger partial charge in [-0.15, -0.1) is 0 Å². The molecule has 1 N–H and O–H groups in total. The molecule has 1 aromatic rings. The summed E-state index contributed by atoms with van der Waals surface area (Å²) in [6.45, 7) is 5.10. The van der Waals surface area contributed by atoms with E-state index in [9.17, 15) is 9.90 Å². The molecule has 0 bridgehead atoms. The molecule has 0 aromatic heterocycles. The van der Waals surface area contributed by atoms with Crippen molar-refractivity contribution in [1.82, 2.24) is 0 Å². The summed E-state index contributed by atoms with van der Waals surface area (Å²) in [4.78, 5) is 12.1. The van der Waals surface area contributed by atoms with Crippen molar-refractivity contribution in [2.45, 2.75) is 12.8 Å². The minimum absolute atomic E-state index is 0.0363. The molecule has 0 spiro atoms. The Labute approximate surface area is 129 Å². The number of rotatable bonds is 7. The number of quaternary nitrogens is 1. The third-order valence-corrected chi connectivity index (χ3v) is 3.77. The van der Waals surface area contributed by atoms with Crippen LogP contribution in [-0.2, 0) is 16.0 Å². The van der Waals surface area contributed by atoms with Crippen molar-refractivity contribution in [2.24, 2.45) is 0 Å². The zero-order valence-electron chi connectivity index (χ0n) is 11.9. The fourth-order valence-electron chi connectivity index (χ4n) is 2.34. The van der Waals surface area contributed by atoms with E-state index >= 15 is 0 Å². The number of halogens is 1. The van der Waals surface area contributed by atoms with Crippen molar-refractivity contribution in [3.05, 3.63) is 28.8 Å². The first-order chi connectivity index (χ1) is 10.1.